The smallest absolute Gasteiger partial charge is 0.236 e. The van der Waals surface area contributed by atoms with Gasteiger partial charge in [0.05, 0.1) is 6.54 Å². The molecule has 0 aromatic heterocycles. The third kappa shape index (κ3) is 1.85. The van der Waals surface area contributed by atoms with Gasteiger partial charge in [-0.1, -0.05) is 0 Å². The van der Waals surface area contributed by atoms with Gasteiger partial charge in [-0.2, -0.15) is 0 Å². The lowest BCUT2D eigenvalue weighted by Gasteiger charge is -2.29. The van der Waals surface area contributed by atoms with Crippen molar-refractivity contribution in [3.63, 3.8) is 0 Å². The monoisotopic (exact) mass is 164 g/mol. The quantitative estimate of drug-likeness (QED) is 0.541. The van der Waals surface area contributed by atoms with Crippen LogP contribution < -0.4 is 5.32 Å². The van der Waals surface area contributed by atoms with Gasteiger partial charge in [-0.05, 0) is 6.92 Å². The first-order valence-corrected chi connectivity index (χ1v) is 3.18. The summed E-state index contributed by atoms with van der Waals surface area (Å²) in [5.41, 5.74) is 0. The normalized spacial score (nSPS) is 26.0. The topological polar surface area (TPSA) is 32.3 Å². The van der Waals surface area contributed by atoms with E-state index >= 15 is 0 Å². The third-order valence-corrected chi connectivity index (χ3v) is 1.77. The number of likely N-dealkylation sites (N-methyl/N-ethyl adjacent to an activating group) is 1. The van der Waals surface area contributed by atoms with E-state index in [2.05, 4.69) is 5.32 Å². The molecule has 0 saturated carbocycles. The Morgan fingerprint density at radius 1 is 1.70 bits per heavy atom. The summed E-state index contributed by atoms with van der Waals surface area (Å²) >= 11 is 0. The molecule has 0 aromatic rings. The van der Waals surface area contributed by atoms with Crippen LogP contribution in [0.3, 0.4) is 0 Å². The second-order valence-corrected chi connectivity index (χ2v) is 2.48. The van der Waals surface area contributed by atoms with Crippen molar-refractivity contribution < 1.29 is 4.79 Å². The zero-order chi connectivity index (χ0) is 6.85. The maximum atomic E-state index is 10.9. The Labute approximate surface area is 67.2 Å². The highest BCUT2D eigenvalue weighted by atomic mass is 35.5. The molecule has 1 aliphatic heterocycles. The Morgan fingerprint density at radius 3 is 2.70 bits per heavy atom. The van der Waals surface area contributed by atoms with Crippen molar-refractivity contribution in [1.82, 2.24) is 10.2 Å². The summed E-state index contributed by atoms with van der Waals surface area (Å²) < 4.78 is 0. The lowest BCUT2D eigenvalue weighted by Crippen LogP contribution is -2.51. The molecule has 60 valence electrons. The van der Waals surface area contributed by atoms with Crippen LogP contribution in [0, 0.1) is 0 Å². The Bertz CT molecular complexity index is 129. The van der Waals surface area contributed by atoms with E-state index in [-0.39, 0.29) is 18.3 Å². The van der Waals surface area contributed by atoms with E-state index in [0.29, 0.717) is 12.6 Å². The van der Waals surface area contributed by atoms with Crippen LogP contribution in [-0.4, -0.2) is 37.0 Å². The number of carbonyl (C=O) groups excluding carboxylic acids is 1. The molecule has 0 unspecified atom stereocenters. The molecule has 0 aliphatic carbocycles. The molecule has 1 amide bonds. The Kier molecular flexibility index (Phi) is 3.68. The van der Waals surface area contributed by atoms with Gasteiger partial charge in [0.15, 0.2) is 0 Å². The summed E-state index contributed by atoms with van der Waals surface area (Å²) in [6.45, 7) is 3.45. The van der Waals surface area contributed by atoms with Crippen LogP contribution in [0.1, 0.15) is 6.92 Å². The number of halogens is 1. The molecular formula is C6H13ClN2O. The van der Waals surface area contributed by atoms with Crippen molar-refractivity contribution in [2.45, 2.75) is 13.0 Å². The molecule has 1 fully saturated rings. The van der Waals surface area contributed by atoms with Crippen molar-refractivity contribution >= 4 is 18.3 Å². The first kappa shape index (κ1) is 9.72. The van der Waals surface area contributed by atoms with Gasteiger partial charge in [0.2, 0.25) is 5.91 Å². The zero-order valence-electron chi connectivity index (χ0n) is 6.26. The predicted molar refractivity (Wildman–Crippen MR) is 42.3 cm³/mol. The first-order chi connectivity index (χ1) is 4.22. The van der Waals surface area contributed by atoms with E-state index in [1.165, 1.54) is 0 Å². The average Bonchev–Trinajstić information content (AvgIpc) is 1.83. The number of carbonyl (C=O) groups is 1. The van der Waals surface area contributed by atoms with E-state index in [1.54, 1.807) is 4.90 Å². The van der Waals surface area contributed by atoms with E-state index < -0.39 is 0 Å². The van der Waals surface area contributed by atoms with Crippen LogP contribution >= 0.6 is 12.4 Å². The third-order valence-electron chi connectivity index (χ3n) is 1.77. The van der Waals surface area contributed by atoms with Crippen molar-refractivity contribution in [2.24, 2.45) is 0 Å². The molecule has 1 saturated heterocycles. The number of piperazine rings is 1. The van der Waals surface area contributed by atoms with Gasteiger partial charge in [0.1, 0.15) is 0 Å². The Morgan fingerprint density at radius 2 is 2.30 bits per heavy atom. The largest absolute Gasteiger partial charge is 0.341 e. The lowest BCUT2D eigenvalue weighted by molar-refractivity contribution is -0.132. The van der Waals surface area contributed by atoms with Gasteiger partial charge < -0.3 is 10.2 Å². The number of hydrogen-bond donors (Lipinski definition) is 1. The van der Waals surface area contributed by atoms with Crippen LogP contribution in [0.5, 0.6) is 0 Å². The molecule has 0 radical (unpaired) electrons. The fourth-order valence-electron chi connectivity index (χ4n) is 0.895. The molecule has 0 spiro atoms. The molecule has 1 rings (SSSR count). The van der Waals surface area contributed by atoms with Gasteiger partial charge >= 0.3 is 0 Å². The van der Waals surface area contributed by atoms with Crippen LogP contribution in [0.25, 0.3) is 0 Å². The summed E-state index contributed by atoms with van der Waals surface area (Å²) in [6.07, 6.45) is 0. The van der Waals surface area contributed by atoms with Crippen LogP contribution in [0.15, 0.2) is 0 Å². The van der Waals surface area contributed by atoms with Gasteiger partial charge in [-0.3, -0.25) is 4.79 Å². The molecule has 1 atom stereocenters. The number of rotatable bonds is 0. The average molecular weight is 165 g/mol. The van der Waals surface area contributed by atoms with E-state index in [1.807, 2.05) is 14.0 Å². The minimum absolute atomic E-state index is 0. The van der Waals surface area contributed by atoms with Crippen LogP contribution in [0.2, 0.25) is 0 Å². The standard InChI is InChI=1S/C6H12N2O.ClH/c1-5-3-7-4-6(9)8(5)2;/h5,7H,3-4H2,1-2H3;1H/t5-;/m1./s1. The van der Waals surface area contributed by atoms with Gasteiger partial charge in [-0.15, -0.1) is 12.4 Å². The highest BCUT2D eigenvalue weighted by molar-refractivity contribution is 5.85. The van der Waals surface area contributed by atoms with Gasteiger partial charge in [0.25, 0.3) is 0 Å². The number of nitrogens with zero attached hydrogens (tertiary/aromatic N) is 1. The van der Waals surface area contributed by atoms with Crippen molar-refractivity contribution in [1.29, 1.82) is 0 Å². The Balaban J connectivity index is 0.000000810. The van der Waals surface area contributed by atoms with Crippen LogP contribution in [-0.2, 0) is 4.79 Å². The molecule has 1 heterocycles. The number of hydrogen-bond acceptors (Lipinski definition) is 2. The SMILES string of the molecule is C[C@@H]1CNCC(=O)N1C.Cl. The van der Waals surface area contributed by atoms with E-state index in [9.17, 15) is 4.79 Å². The molecule has 1 aliphatic rings. The van der Waals surface area contributed by atoms with Crippen molar-refractivity contribution in [3.8, 4) is 0 Å². The summed E-state index contributed by atoms with van der Waals surface area (Å²) in [4.78, 5) is 12.6. The minimum atomic E-state index is 0. The zero-order valence-corrected chi connectivity index (χ0v) is 7.07. The van der Waals surface area contributed by atoms with Gasteiger partial charge in [0, 0.05) is 19.6 Å². The maximum Gasteiger partial charge on any atom is 0.236 e. The molecule has 1 N–H and O–H groups in total. The fourth-order valence-corrected chi connectivity index (χ4v) is 0.895. The molecule has 10 heavy (non-hydrogen) atoms. The van der Waals surface area contributed by atoms with Crippen LogP contribution in [0.4, 0.5) is 0 Å². The predicted octanol–water partition coefficient (Wildman–Crippen LogP) is -0.142. The molecule has 0 bridgehead atoms. The summed E-state index contributed by atoms with van der Waals surface area (Å²) in [5.74, 6) is 0.189. The first-order valence-electron chi connectivity index (χ1n) is 3.18. The lowest BCUT2D eigenvalue weighted by atomic mass is 10.2. The molecule has 3 nitrogen and oxygen atoms in total. The highest BCUT2D eigenvalue weighted by Crippen LogP contribution is 1.98. The van der Waals surface area contributed by atoms with Gasteiger partial charge in [-0.25, -0.2) is 0 Å². The van der Waals surface area contributed by atoms with E-state index in [0.717, 1.165) is 6.54 Å². The number of nitrogens with one attached hydrogen (secondary N) is 1. The summed E-state index contributed by atoms with van der Waals surface area (Å²) in [6, 6.07) is 0.353. The highest BCUT2D eigenvalue weighted by Gasteiger charge is 2.19. The summed E-state index contributed by atoms with van der Waals surface area (Å²) in [7, 11) is 1.84. The summed E-state index contributed by atoms with van der Waals surface area (Å²) in [5, 5.41) is 3.02. The molecule has 4 heteroatoms. The van der Waals surface area contributed by atoms with Crippen molar-refractivity contribution in [3.05, 3.63) is 0 Å². The maximum absolute atomic E-state index is 10.9. The molecular weight excluding hydrogens is 152 g/mol. The van der Waals surface area contributed by atoms with Crippen molar-refractivity contribution in [2.75, 3.05) is 20.1 Å². The molecule has 0 aromatic carbocycles. The minimum Gasteiger partial charge on any atom is -0.341 e. The Hall–Kier alpha value is -0.280. The van der Waals surface area contributed by atoms with E-state index in [4.69, 9.17) is 0 Å². The second kappa shape index (κ2) is 3.78. The second-order valence-electron chi connectivity index (χ2n) is 2.48. The number of amides is 1. The fraction of sp³-hybridized carbons (Fsp3) is 0.833.